The molecule has 2 rings (SSSR count). The van der Waals surface area contributed by atoms with Crippen LogP contribution in [0.3, 0.4) is 0 Å². The second-order valence-electron chi connectivity index (χ2n) is 5.48. The molecule has 0 aliphatic carbocycles. The number of nitrogens with one attached hydrogen (secondary N) is 1. The fourth-order valence-electron chi connectivity index (χ4n) is 2.28. The van der Waals surface area contributed by atoms with Gasteiger partial charge in [-0.15, -0.1) is 0 Å². The monoisotopic (exact) mass is 297 g/mol. The van der Waals surface area contributed by atoms with Crippen LogP contribution >= 0.6 is 0 Å². The fraction of sp³-hybridized carbons (Fsp3) is 0.316. The highest BCUT2D eigenvalue weighted by molar-refractivity contribution is 5.81. The third kappa shape index (κ3) is 4.35. The van der Waals surface area contributed by atoms with Crippen LogP contribution in [0.25, 0.3) is 0 Å². The highest BCUT2D eigenvalue weighted by Crippen LogP contribution is 2.15. The Morgan fingerprint density at radius 1 is 1.14 bits per heavy atom. The summed E-state index contributed by atoms with van der Waals surface area (Å²) < 4.78 is 5.81. The van der Waals surface area contributed by atoms with Gasteiger partial charge in [-0.3, -0.25) is 4.79 Å². The molecule has 0 saturated carbocycles. The Kier molecular flexibility index (Phi) is 5.59. The van der Waals surface area contributed by atoms with E-state index in [2.05, 4.69) is 5.32 Å². The van der Waals surface area contributed by atoms with Gasteiger partial charge in [0.25, 0.3) is 5.91 Å². The van der Waals surface area contributed by atoms with Gasteiger partial charge in [0, 0.05) is 6.54 Å². The number of hydrogen-bond acceptors (Lipinski definition) is 2. The van der Waals surface area contributed by atoms with E-state index in [1.165, 1.54) is 5.56 Å². The third-order valence-corrected chi connectivity index (χ3v) is 3.65. The molecule has 0 aromatic heterocycles. The Labute approximate surface area is 132 Å². The third-order valence-electron chi connectivity index (χ3n) is 3.65. The van der Waals surface area contributed by atoms with Crippen molar-refractivity contribution in [3.05, 3.63) is 65.2 Å². The number of amides is 1. The molecule has 2 aromatic carbocycles. The molecular weight excluding hydrogens is 274 g/mol. The van der Waals surface area contributed by atoms with E-state index in [1.807, 2.05) is 69.3 Å². The summed E-state index contributed by atoms with van der Waals surface area (Å²) in [6, 6.07) is 15.8. The van der Waals surface area contributed by atoms with Crippen molar-refractivity contribution in [1.82, 2.24) is 5.32 Å². The van der Waals surface area contributed by atoms with Crippen LogP contribution in [0.1, 0.15) is 30.0 Å². The summed E-state index contributed by atoms with van der Waals surface area (Å²) in [7, 11) is 0. The first-order chi connectivity index (χ1) is 10.6. The molecule has 116 valence electrons. The van der Waals surface area contributed by atoms with Gasteiger partial charge in [-0.05, 0) is 49.1 Å². The van der Waals surface area contributed by atoms with Crippen molar-refractivity contribution in [2.24, 2.45) is 0 Å². The maximum atomic E-state index is 12.3. The summed E-state index contributed by atoms with van der Waals surface area (Å²) in [5, 5.41) is 2.96. The molecule has 0 heterocycles. The number of hydrogen-bond donors (Lipinski definition) is 1. The molecule has 1 unspecified atom stereocenters. The summed E-state index contributed by atoms with van der Waals surface area (Å²) in [5.74, 6) is 0.658. The van der Waals surface area contributed by atoms with Gasteiger partial charge in [-0.2, -0.15) is 0 Å². The smallest absolute Gasteiger partial charge is 0.261 e. The zero-order valence-electron chi connectivity index (χ0n) is 13.4. The zero-order valence-corrected chi connectivity index (χ0v) is 13.4. The summed E-state index contributed by atoms with van der Waals surface area (Å²) in [6.45, 7) is 6.53. The van der Waals surface area contributed by atoms with Gasteiger partial charge in [0.2, 0.25) is 0 Å². The lowest BCUT2D eigenvalue weighted by Gasteiger charge is -2.18. The predicted molar refractivity (Wildman–Crippen MR) is 88.9 cm³/mol. The molecule has 0 radical (unpaired) electrons. The van der Waals surface area contributed by atoms with Crippen molar-refractivity contribution in [2.75, 3.05) is 0 Å². The molecule has 0 bridgehead atoms. The van der Waals surface area contributed by atoms with E-state index < -0.39 is 6.10 Å². The number of aryl methyl sites for hydroxylation is 2. The van der Waals surface area contributed by atoms with Crippen molar-refractivity contribution in [3.8, 4) is 5.75 Å². The highest BCUT2D eigenvalue weighted by Gasteiger charge is 2.18. The topological polar surface area (TPSA) is 38.3 Å². The lowest BCUT2D eigenvalue weighted by Crippen LogP contribution is -2.37. The summed E-state index contributed by atoms with van der Waals surface area (Å²) in [6.07, 6.45) is 0.166. The van der Waals surface area contributed by atoms with Gasteiger partial charge in [0.1, 0.15) is 5.75 Å². The first-order valence-corrected chi connectivity index (χ1v) is 7.65. The summed E-state index contributed by atoms with van der Waals surface area (Å²) >= 11 is 0. The zero-order chi connectivity index (χ0) is 15.9. The SMILES string of the molecule is CCC(Oc1cccc(C)c1)C(=O)NCc1ccccc1C. The Morgan fingerprint density at radius 2 is 1.91 bits per heavy atom. The summed E-state index contributed by atoms with van der Waals surface area (Å²) in [5.41, 5.74) is 3.42. The minimum Gasteiger partial charge on any atom is -0.481 e. The van der Waals surface area contributed by atoms with Crippen molar-refractivity contribution in [3.63, 3.8) is 0 Å². The van der Waals surface area contributed by atoms with Crippen molar-refractivity contribution in [1.29, 1.82) is 0 Å². The van der Waals surface area contributed by atoms with E-state index in [-0.39, 0.29) is 5.91 Å². The number of benzene rings is 2. The molecule has 2 aromatic rings. The lowest BCUT2D eigenvalue weighted by atomic mass is 10.1. The first-order valence-electron chi connectivity index (χ1n) is 7.65. The Balaban J connectivity index is 1.96. The fourth-order valence-corrected chi connectivity index (χ4v) is 2.28. The minimum atomic E-state index is -0.467. The number of rotatable bonds is 6. The van der Waals surface area contributed by atoms with Crippen LogP contribution < -0.4 is 10.1 Å². The molecule has 22 heavy (non-hydrogen) atoms. The van der Waals surface area contributed by atoms with Gasteiger partial charge < -0.3 is 10.1 Å². The minimum absolute atomic E-state index is 0.0766. The molecule has 3 nitrogen and oxygen atoms in total. The largest absolute Gasteiger partial charge is 0.481 e. The van der Waals surface area contributed by atoms with E-state index >= 15 is 0 Å². The number of ether oxygens (including phenoxy) is 1. The van der Waals surface area contributed by atoms with Crippen LogP contribution in [0.5, 0.6) is 5.75 Å². The average molecular weight is 297 g/mol. The van der Waals surface area contributed by atoms with Gasteiger partial charge in [0.15, 0.2) is 6.10 Å². The maximum Gasteiger partial charge on any atom is 0.261 e. The molecule has 3 heteroatoms. The van der Waals surface area contributed by atoms with E-state index in [1.54, 1.807) is 0 Å². The van der Waals surface area contributed by atoms with Crippen LogP contribution in [0.2, 0.25) is 0 Å². The molecule has 0 spiro atoms. The van der Waals surface area contributed by atoms with Gasteiger partial charge in [-0.1, -0.05) is 43.3 Å². The van der Waals surface area contributed by atoms with E-state index in [9.17, 15) is 4.79 Å². The molecule has 0 saturated heterocycles. The molecule has 1 amide bonds. The highest BCUT2D eigenvalue weighted by atomic mass is 16.5. The second-order valence-corrected chi connectivity index (χ2v) is 5.48. The molecule has 0 aliphatic rings. The average Bonchev–Trinajstić information content (AvgIpc) is 2.51. The van der Waals surface area contributed by atoms with E-state index in [4.69, 9.17) is 4.74 Å². The van der Waals surface area contributed by atoms with Crippen molar-refractivity contribution < 1.29 is 9.53 Å². The van der Waals surface area contributed by atoms with Crippen LogP contribution in [-0.4, -0.2) is 12.0 Å². The predicted octanol–water partition coefficient (Wildman–Crippen LogP) is 3.78. The summed E-state index contributed by atoms with van der Waals surface area (Å²) in [4.78, 5) is 12.3. The molecule has 1 N–H and O–H groups in total. The Bertz CT molecular complexity index is 637. The van der Waals surface area contributed by atoms with Gasteiger partial charge in [0.05, 0.1) is 0 Å². The molecule has 1 atom stereocenters. The maximum absolute atomic E-state index is 12.3. The Hall–Kier alpha value is -2.29. The lowest BCUT2D eigenvalue weighted by molar-refractivity contribution is -0.128. The van der Waals surface area contributed by atoms with E-state index in [0.717, 1.165) is 16.9 Å². The van der Waals surface area contributed by atoms with Gasteiger partial charge >= 0.3 is 0 Å². The molecule has 0 aliphatic heterocycles. The first kappa shape index (κ1) is 16.1. The normalized spacial score (nSPS) is 11.8. The van der Waals surface area contributed by atoms with Crippen LogP contribution in [0.15, 0.2) is 48.5 Å². The Morgan fingerprint density at radius 3 is 2.59 bits per heavy atom. The van der Waals surface area contributed by atoms with Crippen molar-refractivity contribution >= 4 is 5.91 Å². The van der Waals surface area contributed by atoms with Crippen LogP contribution in [0.4, 0.5) is 0 Å². The number of carbonyl (C=O) groups is 1. The van der Waals surface area contributed by atoms with Crippen LogP contribution in [0, 0.1) is 13.8 Å². The van der Waals surface area contributed by atoms with Crippen LogP contribution in [-0.2, 0) is 11.3 Å². The molecular formula is C19H23NO2. The second kappa shape index (κ2) is 7.64. The standard InChI is InChI=1S/C19H23NO2/c1-4-18(22-17-11-7-8-14(2)12-17)19(21)20-13-16-10-6-5-9-15(16)3/h5-12,18H,4,13H2,1-3H3,(H,20,21). The van der Waals surface area contributed by atoms with E-state index in [0.29, 0.717) is 13.0 Å². The van der Waals surface area contributed by atoms with Gasteiger partial charge in [-0.25, -0.2) is 0 Å². The quantitative estimate of drug-likeness (QED) is 0.881. The molecule has 0 fully saturated rings. The number of carbonyl (C=O) groups excluding carboxylic acids is 1. The van der Waals surface area contributed by atoms with Crippen molar-refractivity contribution in [2.45, 2.75) is 39.8 Å².